The Morgan fingerprint density at radius 3 is 3.17 bits per heavy atom. The average Bonchev–Trinajstić information content (AvgIpc) is 2.15. The molecule has 3 heteroatoms. The van der Waals surface area contributed by atoms with Gasteiger partial charge in [0.15, 0.2) is 0 Å². The second-order valence-corrected chi connectivity index (χ2v) is 4.52. The first-order valence-corrected chi connectivity index (χ1v) is 5.62. The average molecular weight is 184 g/mol. The molecule has 0 aromatic rings. The van der Waals surface area contributed by atoms with Crippen molar-refractivity contribution in [2.45, 2.75) is 25.0 Å². The van der Waals surface area contributed by atoms with Gasteiger partial charge in [-0.1, -0.05) is 6.92 Å². The lowest BCUT2D eigenvalue weighted by molar-refractivity contribution is 0.288. The van der Waals surface area contributed by atoms with Crippen molar-refractivity contribution >= 4 is 11.8 Å². The molecular formula is C9H16N2S. The number of hydrogen-bond acceptors (Lipinski definition) is 3. The van der Waals surface area contributed by atoms with E-state index in [0.29, 0.717) is 6.42 Å². The third kappa shape index (κ3) is 3.04. The predicted octanol–water partition coefficient (Wildman–Crippen LogP) is 1.73. The third-order valence-electron chi connectivity index (χ3n) is 2.22. The van der Waals surface area contributed by atoms with E-state index in [1.807, 2.05) is 0 Å². The van der Waals surface area contributed by atoms with Crippen LogP contribution in [0.2, 0.25) is 0 Å². The highest BCUT2D eigenvalue weighted by Crippen LogP contribution is 2.20. The van der Waals surface area contributed by atoms with Crippen molar-refractivity contribution in [3.8, 4) is 6.07 Å². The molecule has 1 aliphatic rings. The van der Waals surface area contributed by atoms with Crippen LogP contribution in [0.3, 0.4) is 0 Å². The molecule has 0 spiro atoms. The lowest BCUT2D eigenvalue weighted by Gasteiger charge is -2.31. The number of thioether (sulfide) groups is 1. The van der Waals surface area contributed by atoms with Crippen LogP contribution in [0.15, 0.2) is 0 Å². The smallest absolute Gasteiger partial charge is 0.0635 e. The van der Waals surface area contributed by atoms with Crippen LogP contribution in [-0.4, -0.2) is 35.5 Å². The maximum atomic E-state index is 8.44. The van der Waals surface area contributed by atoms with Gasteiger partial charge in [0.25, 0.3) is 0 Å². The summed E-state index contributed by atoms with van der Waals surface area (Å²) >= 11 is 2.08. The molecule has 0 saturated carbocycles. The molecule has 0 aromatic carbocycles. The van der Waals surface area contributed by atoms with Gasteiger partial charge in [-0.2, -0.15) is 17.0 Å². The van der Waals surface area contributed by atoms with Gasteiger partial charge < -0.3 is 4.90 Å². The van der Waals surface area contributed by atoms with Crippen LogP contribution in [-0.2, 0) is 0 Å². The van der Waals surface area contributed by atoms with Crippen LogP contribution in [0.5, 0.6) is 0 Å². The van der Waals surface area contributed by atoms with Crippen LogP contribution in [0, 0.1) is 11.3 Å². The van der Waals surface area contributed by atoms with Crippen LogP contribution in [0.4, 0.5) is 0 Å². The molecule has 1 rings (SSSR count). The lowest BCUT2D eigenvalue weighted by Crippen LogP contribution is -2.37. The molecule has 0 N–H and O–H groups in total. The highest BCUT2D eigenvalue weighted by Gasteiger charge is 2.17. The van der Waals surface area contributed by atoms with Crippen molar-refractivity contribution in [1.29, 1.82) is 5.26 Å². The largest absolute Gasteiger partial charge is 0.300 e. The van der Waals surface area contributed by atoms with Gasteiger partial charge in [0.2, 0.25) is 0 Å². The Morgan fingerprint density at radius 2 is 2.50 bits per heavy atom. The third-order valence-corrected chi connectivity index (χ3v) is 3.59. The minimum absolute atomic E-state index is 0.682. The molecule has 1 aliphatic heterocycles. The van der Waals surface area contributed by atoms with Crippen LogP contribution in [0.25, 0.3) is 0 Å². The van der Waals surface area contributed by atoms with E-state index in [2.05, 4.69) is 29.7 Å². The molecule has 0 radical (unpaired) electrons. The van der Waals surface area contributed by atoms with Crippen molar-refractivity contribution in [1.82, 2.24) is 4.90 Å². The fraction of sp³-hybridized carbons (Fsp3) is 0.889. The standard InChI is InChI=1S/C9H16N2S/c1-2-9-8-11(5-3-4-10)6-7-12-9/h9H,2-3,5-8H2,1H3. The summed E-state index contributed by atoms with van der Waals surface area (Å²) < 4.78 is 0. The SMILES string of the molecule is CCC1CN(CCC#N)CCS1. The fourth-order valence-corrected chi connectivity index (χ4v) is 2.69. The Labute approximate surface area is 78.9 Å². The Balaban J connectivity index is 2.22. The minimum Gasteiger partial charge on any atom is -0.300 e. The topological polar surface area (TPSA) is 27.0 Å². The molecule has 0 bridgehead atoms. The highest BCUT2D eigenvalue weighted by molar-refractivity contribution is 8.00. The first kappa shape index (κ1) is 9.88. The van der Waals surface area contributed by atoms with E-state index in [0.717, 1.165) is 11.8 Å². The van der Waals surface area contributed by atoms with Gasteiger partial charge in [-0.05, 0) is 6.42 Å². The summed E-state index contributed by atoms with van der Waals surface area (Å²) in [5, 5.41) is 9.24. The van der Waals surface area contributed by atoms with E-state index < -0.39 is 0 Å². The van der Waals surface area contributed by atoms with Gasteiger partial charge in [0, 0.05) is 37.1 Å². The molecule has 68 valence electrons. The Bertz CT molecular complexity index is 164. The quantitative estimate of drug-likeness (QED) is 0.668. The molecular weight excluding hydrogens is 168 g/mol. The van der Waals surface area contributed by atoms with Gasteiger partial charge in [-0.15, -0.1) is 0 Å². The van der Waals surface area contributed by atoms with Crippen molar-refractivity contribution < 1.29 is 0 Å². The molecule has 1 fully saturated rings. The number of rotatable bonds is 3. The summed E-state index contributed by atoms with van der Waals surface area (Å²) in [5.41, 5.74) is 0. The molecule has 1 atom stereocenters. The molecule has 12 heavy (non-hydrogen) atoms. The fourth-order valence-electron chi connectivity index (χ4n) is 1.44. The van der Waals surface area contributed by atoms with Crippen molar-refractivity contribution in [3.63, 3.8) is 0 Å². The number of nitrogens with zero attached hydrogens (tertiary/aromatic N) is 2. The maximum Gasteiger partial charge on any atom is 0.0635 e. The predicted molar refractivity (Wildman–Crippen MR) is 53.2 cm³/mol. The summed E-state index contributed by atoms with van der Waals surface area (Å²) in [5.74, 6) is 1.24. The van der Waals surface area contributed by atoms with Crippen LogP contribution < -0.4 is 0 Å². The van der Waals surface area contributed by atoms with E-state index in [9.17, 15) is 0 Å². The summed E-state index contributed by atoms with van der Waals surface area (Å²) in [4.78, 5) is 2.41. The summed E-state index contributed by atoms with van der Waals surface area (Å²) in [6, 6.07) is 2.20. The molecule has 1 heterocycles. The van der Waals surface area contributed by atoms with Crippen LogP contribution >= 0.6 is 11.8 Å². The van der Waals surface area contributed by atoms with Crippen molar-refractivity contribution in [2.75, 3.05) is 25.4 Å². The second kappa shape index (κ2) is 5.45. The maximum absolute atomic E-state index is 8.44. The van der Waals surface area contributed by atoms with Crippen molar-refractivity contribution in [2.24, 2.45) is 0 Å². The number of hydrogen-bond donors (Lipinski definition) is 0. The molecule has 2 nitrogen and oxygen atoms in total. The zero-order chi connectivity index (χ0) is 8.81. The monoisotopic (exact) mass is 184 g/mol. The second-order valence-electron chi connectivity index (χ2n) is 3.11. The first-order valence-electron chi connectivity index (χ1n) is 4.57. The molecule has 0 aliphatic carbocycles. The van der Waals surface area contributed by atoms with E-state index in [4.69, 9.17) is 5.26 Å². The highest BCUT2D eigenvalue weighted by atomic mass is 32.2. The minimum atomic E-state index is 0.682. The normalized spacial score (nSPS) is 25.2. The first-order chi connectivity index (χ1) is 5.86. The van der Waals surface area contributed by atoms with Gasteiger partial charge >= 0.3 is 0 Å². The Kier molecular flexibility index (Phi) is 4.49. The van der Waals surface area contributed by atoms with Gasteiger partial charge in [-0.25, -0.2) is 0 Å². The van der Waals surface area contributed by atoms with E-state index in [1.165, 1.54) is 25.3 Å². The Hall–Kier alpha value is -0.200. The van der Waals surface area contributed by atoms with Gasteiger partial charge in [-0.3, -0.25) is 0 Å². The lowest BCUT2D eigenvalue weighted by atomic mass is 10.3. The molecule has 0 aromatic heterocycles. The van der Waals surface area contributed by atoms with E-state index >= 15 is 0 Å². The molecule has 0 amide bonds. The van der Waals surface area contributed by atoms with Crippen molar-refractivity contribution in [3.05, 3.63) is 0 Å². The van der Waals surface area contributed by atoms with Crippen LogP contribution in [0.1, 0.15) is 19.8 Å². The zero-order valence-corrected chi connectivity index (χ0v) is 8.44. The summed E-state index contributed by atoms with van der Waals surface area (Å²) in [7, 11) is 0. The van der Waals surface area contributed by atoms with E-state index in [1.54, 1.807) is 0 Å². The zero-order valence-electron chi connectivity index (χ0n) is 7.62. The van der Waals surface area contributed by atoms with Gasteiger partial charge in [0.1, 0.15) is 0 Å². The van der Waals surface area contributed by atoms with E-state index in [-0.39, 0.29) is 0 Å². The molecule has 1 saturated heterocycles. The summed E-state index contributed by atoms with van der Waals surface area (Å²) in [6.45, 7) is 5.56. The van der Waals surface area contributed by atoms with Gasteiger partial charge in [0.05, 0.1) is 6.07 Å². The number of nitriles is 1. The molecule has 1 unspecified atom stereocenters. The summed E-state index contributed by atoms with van der Waals surface area (Å²) in [6.07, 6.45) is 1.94. The Morgan fingerprint density at radius 1 is 1.67 bits per heavy atom.